The summed E-state index contributed by atoms with van der Waals surface area (Å²) in [5.74, 6) is -2.38. The van der Waals surface area contributed by atoms with Crippen LogP contribution in [0.2, 0.25) is 0 Å². The molecule has 2 bridgehead atoms. The van der Waals surface area contributed by atoms with E-state index >= 15 is 0 Å². The van der Waals surface area contributed by atoms with Crippen molar-refractivity contribution in [3.8, 4) is 0 Å². The Bertz CT molecular complexity index is 1880. The summed E-state index contributed by atoms with van der Waals surface area (Å²) in [6, 6.07) is -0.316. The van der Waals surface area contributed by atoms with E-state index in [1.807, 2.05) is 32.9 Å². The molecule has 0 saturated carbocycles. The van der Waals surface area contributed by atoms with Gasteiger partial charge in [0.05, 0.1) is 55.4 Å². The Balaban J connectivity index is 1.17. The molecule has 0 radical (unpaired) electrons. The number of aliphatic hydroxyl groups is 1. The van der Waals surface area contributed by atoms with Crippen LogP contribution in [-0.2, 0) is 57.0 Å². The van der Waals surface area contributed by atoms with Crippen LogP contribution in [0.25, 0.3) is 0 Å². The molecule has 1 spiro atoms. The Morgan fingerprint density at radius 2 is 1.71 bits per heavy atom. The molecule has 0 aromatic rings. The summed E-state index contributed by atoms with van der Waals surface area (Å²) in [6.45, 7) is 17.8. The first-order valence-corrected chi connectivity index (χ1v) is 24.2. The maximum atomic E-state index is 14.5. The number of nitrogens with zero attached hydrogens (tertiary/aromatic N) is 1. The van der Waals surface area contributed by atoms with Crippen LogP contribution in [-0.4, -0.2) is 140 Å². The summed E-state index contributed by atoms with van der Waals surface area (Å²) < 4.78 is 64.7. The van der Waals surface area contributed by atoms with Crippen LogP contribution in [0.5, 0.6) is 0 Å². The number of nitrogens with one attached hydrogen (secondary N) is 1. The lowest BCUT2D eigenvalue weighted by Crippen LogP contribution is -2.58. The highest BCUT2D eigenvalue weighted by Crippen LogP contribution is 2.48. The number of amides is 1. The average Bonchev–Trinajstić information content (AvgIpc) is 3.61. The van der Waals surface area contributed by atoms with Crippen LogP contribution in [0.15, 0.2) is 52.3 Å². The maximum Gasteiger partial charge on any atom is 0.316 e. The molecule has 6 heterocycles. The molecule has 7 aliphatic rings. The number of rotatable bonds is 9. The van der Waals surface area contributed by atoms with Gasteiger partial charge in [0.25, 0.3) is 0 Å². The van der Waals surface area contributed by atoms with Crippen LogP contribution in [0.1, 0.15) is 114 Å². The van der Waals surface area contributed by atoms with Crippen molar-refractivity contribution in [3.05, 3.63) is 47.1 Å². The molecule has 9 unspecified atom stereocenters. The Morgan fingerprint density at radius 3 is 2.41 bits per heavy atom. The zero-order chi connectivity index (χ0) is 47.7. The van der Waals surface area contributed by atoms with E-state index in [-0.39, 0.29) is 54.6 Å². The van der Waals surface area contributed by atoms with Crippen molar-refractivity contribution < 1.29 is 67.3 Å². The minimum Gasteiger partial charge on any atom is -0.462 e. The minimum atomic E-state index is -1.87. The minimum absolute atomic E-state index is 0.0103. The SMILES string of the molecule is CCC(C)C1OC2(CC[C@H]1C)CC1CC(C/C=C(\C)[C@@H](OC3C[C@@H](OC)[C@H](O[C@H]4C[C@H](OC)[C@@H](NC(C)=O)[C@H](C)O4)[C@@H](C)O3)C(C)/C=C/C=C3\COC4/C(=N/O)C(C)=CC(C(=O)O1)[C@]34O)O2. The molecule has 1 aliphatic carbocycles. The van der Waals surface area contributed by atoms with Gasteiger partial charge < -0.3 is 63.0 Å². The molecular formula is C50H76N2O14. The Kier molecular flexibility index (Phi) is 16.4. The van der Waals surface area contributed by atoms with E-state index in [1.54, 1.807) is 33.3 Å². The third kappa shape index (κ3) is 10.6. The van der Waals surface area contributed by atoms with Crippen LogP contribution in [0, 0.1) is 23.7 Å². The van der Waals surface area contributed by atoms with Crippen LogP contribution in [0.3, 0.4) is 0 Å². The highest BCUT2D eigenvalue weighted by molar-refractivity contribution is 6.07. The summed E-state index contributed by atoms with van der Waals surface area (Å²) >= 11 is 0. The molecule has 66 heavy (non-hydrogen) atoms. The van der Waals surface area contributed by atoms with Gasteiger partial charge in [0, 0.05) is 59.2 Å². The van der Waals surface area contributed by atoms with Gasteiger partial charge in [0.15, 0.2) is 18.4 Å². The fraction of sp³-hybridized carbons (Fsp3) is 0.780. The molecule has 16 heteroatoms. The largest absolute Gasteiger partial charge is 0.462 e. The molecule has 0 aromatic carbocycles. The van der Waals surface area contributed by atoms with Crippen molar-refractivity contribution in [2.75, 3.05) is 20.8 Å². The number of fused-ring (bicyclic) bond motifs is 2. The van der Waals surface area contributed by atoms with E-state index in [9.17, 15) is 19.9 Å². The van der Waals surface area contributed by atoms with Gasteiger partial charge in [0.1, 0.15) is 35.5 Å². The molecule has 0 aromatic heterocycles. The van der Waals surface area contributed by atoms with E-state index in [0.29, 0.717) is 61.5 Å². The average molecular weight is 929 g/mol. The first-order valence-electron chi connectivity index (χ1n) is 24.2. The van der Waals surface area contributed by atoms with Gasteiger partial charge in [-0.15, -0.1) is 0 Å². The lowest BCUT2D eigenvalue weighted by atomic mass is 9.71. The van der Waals surface area contributed by atoms with E-state index < -0.39 is 72.5 Å². The smallest absolute Gasteiger partial charge is 0.316 e. The molecule has 1 amide bonds. The number of allylic oxidation sites excluding steroid dienone is 2. The summed E-state index contributed by atoms with van der Waals surface area (Å²) in [7, 11) is 3.27. The third-order valence-corrected chi connectivity index (χ3v) is 15.3. The standard InChI is InChI=1S/C50H76N2O14/c1-12-26(2)45-29(5)18-19-49(66-45)24-36-21-35(65-49)17-16-28(4)44(27(3)14-13-15-34-25-59-47-42(52-56)30(6)20-37(48(54)62-36)50(34,47)55)63-41-23-39(58-11)46(32(8)61-41)64-40-22-38(57-10)43(31(7)60-40)51-33(9)53/h13-16,20,26-27,29,31-32,35-41,43-47,55-56H,12,17-19,21-25H2,1-11H3,(H,51,53)/b14-13+,28-16+,34-15+,52-42+/t26?,27?,29-,31+,32-,35?,36?,37?,38+,39-,40+,41?,43+,44+,45?,46-,47?,49?,50-/m1/s1. The summed E-state index contributed by atoms with van der Waals surface area (Å²) in [4.78, 5) is 26.4. The maximum absolute atomic E-state index is 14.5. The molecule has 16 nitrogen and oxygen atoms in total. The Hall–Kier alpha value is -3.03. The predicted octanol–water partition coefficient (Wildman–Crippen LogP) is 6.21. The number of ether oxygens (including phenoxy) is 10. The summed E-state index contributed by atoms with van der Waals surface area (Å²) in [6.07, 6.45) is 8.27. The number of carbonyl (C=O) groups is 2. The lowest BCUT2D eigenvalue weighted by molar-refractivity contribution is -0.340. The summed E-state index contributed by atoms with van der Waals surface area (Å²) in [5, 5.41) is 29.2. The monoisotopic (exact) mass is 929 g/mol. The van der Waals surface area contributed by atoms with E-state index in [0.717, 1.165) is 18.4 Å². The normalized spacial score (nSPS) is 46.5. The first-order chi connectivity index (χ1) is 31.4. The Labute approximate surface area is 390 Å². The second kappa shape index (κ2) is 21.3. The molecule has 19 atom stereocenters. The van der Waals surface area contributed by atoms with Crippen molar-refractivity contribution in [2.24, 2.45) is 28.8 Å². The van der Waals surface area contributed by atoms with E-state index in [2.05, 4.69) is 44.2 Å². The van der Waals surface area contributed by atoms with E-state index in [4.69, 9.17) is 47.4 Å². The lowest BCUT2D eigenvalue weighted by Gasteiger charge is -2.51. The topological polar surface area (TPSA) is 191 Å². The van der Waals surface area contributed by atoms with Crippen molar-refractivity contribution in [1.82, 2.24) is 5.32 Å². The van der Waals surface area contributed by atoms with Crippen molar-refractivity contribution in [3.63, 3.8) is 0 Å². The second-order valence-corrected chi connectivity index (χ2v) is 20.0. The zero-order valence-electron chi connectivity index (χ0n) is 40.8. The first kappa shape index (κ1) is 50.8. The van der Waals surface area contributed by atoms with Crippen molar-refractivity contribution in [2.45, 2.75) is 205 Å². The molecule has 3 N–H and O–H groups in total. The van der Waals surface area contributed by atoms with Crippen LogP contribution >= 0.6 is 0 Å². The highest BCUT2D eigenvalue weighted by Gasteiger charge is 2.60. The highest BCUT2D eigenvalue weighted by atomic mass is 16.7. The molecule has 370 valence electrons. The second-order valence-electron chi connectivity index (χ2n) is 20.0. The molecule has 7 rings (SSSR count). The number of hydrogen-bond donors (Lipinski definition) is 3. The van der Waals surface area contributed by atoms with E-state index in [1.165, 1.54) is 6.92 Å². The van der Waals surface area contributed by atoms with Crippen LogP contribution in [0.4, 0.5) is 0 Å². The molecule has 5 saturated heterocycles. The van der Waals surface area contributed by atoms with Crippen molar-refractivity contribution >= 4 is 17.6 Å². The number of esters is 1. The van der Waals surface area contributed by atoms with Gasteiger partial charge >= 0.3 is 5.97 Å². The van der Waals surface area contributed by atoms with Gasteiger partial charge in [-0.3, -0.25) is 9.59 Å². The fourth-order valence-electron chi connectivity index (χ4n) is 11.4. The quantitative estimate of drug-likeness (QED) is 0.102. The zero-order valence-corrected chi connectivity index (χ0v) is 40.8. The fourth-order valence-corrected chi connectivity index (χ4v) is 11.4. The molecule has 5 fully saturated rings. The number of methoxy groups -OCH3 is 2. The van der Waals surface area contributed by atoms with Crippen LogP contribution < -0.4 is 5.32 Å². The van der Waals surface area contributed by atoms with Gasteiger partial charge in [-0.25, -0.2) is 0 Å². The molecular weight excluding hydrogens is 853 g/mol. The third-order valence-electron chi connectivity index (χ3n) is 15.3. The Morgan fingerprint density at radius 1 is 1.00 bits per heavy atom. The van der Waals surface area contributed by atoms with Gasteiger partial charge in [0.2, 0.25) is 5.91 Å². The molecule has 6 aliphatic heterocycles. The number of hydrogen-bond acceptors (Lipinski definition) is 15. The predicted molar refractivity (Wildman–Crippen MR) is 242 cm³/mol. The van der Waals surface area contributed by atoms with Gasteiger partial charge in [-0.1, -0.05) is 69.7 Å². The van der Waals surface area contributed by atoms with Crippen molar-refractivity contribution in [1.29, 1.82) is 0 Å². The number of oxime groups is 1. The summed E-state index contributed by atoms with van der Waals surface area (Å²) in [5.41, 5.74) is 0.243. The number of carbonyl (C=O) groups excluding carboxylic acids is 2. The van der Waals surface area contributed by atoms with Gasteiger partial charge in [-0.05, 0) is 69.1 Å². The van der Waals surface area contributed by atoms with Gasteiger partial charge in [-0.2, -0.15) is 0 Å².